The Bertz CT molecular complexity index is 337. The van der Waals surface area contributed by atoms with Crippen molar-refractivity contribution in [1.29, 1.82) is 0 Å². The maximum Gasteiger partial charge on any atom is 0.120 e. The average molecular weight is 223 g/mol. The number of aromatic hydroxyl groups is 1. The van der Waals surface area contributed by atoms with E-state index in [-0.39, 0.29) is 6.04 Å². The molecule has 0 heterocycles. The topological polar surface area (TPSA) is 41.5 Å². The van der Waals surface area contributed by atoms with Crippen LogP contribution in [0, 0.1) is 12.8 Å². The molecule has 1 aromatic rings. The van der Waals surface area contributed by atoms with Gasteiger partial charge in [0.2, 0.25) is 0 Å². The number of benzene rings is 1. The largest absolute Gasteiger partial charge is 0.508 e. The van der Waals surface area contributed by atoms with Gasteiger partial charge in [0.15, 0.2) is 0 Å². The number of phenols is 1. The molecule has 1 rings (SSSR count). The van der Waals surface area contributed by atoms with Gasteiger partial charge in [-0.1, -0.05) is 19.9 Å². The number of nitrogens with one attached hydrogen (secondary N) is 1. The van der Waals surface area contributed by atoms with Crippen molar-refractivity contribution >= 4 is 5.69 Å². The second-order valence-electron chi connectivity index (χ2n) is 4.45. The highest BCUT2D eigenvalue weighted by Crippen LogP contribution is 2.22. The van der Waals surface area contributed by atoms with Gasteiger partial charge < -0.3 is 15.2 Å². The van der Waals surface area contributed by atoms with E-state index in [1.165, 1.54) is 0 Å². The number of aryl methyl sites for hydroxylation is 1. The Balaban J connectivity index is 2.73. The van der Waals surface area contributed by atoms with Crippen LogP contribution in [-0.4, -0.2) is 24.9 Å². The molecule has 0 spiro atoms. The van der Waals surface area contributed by atoms with Crippen LogP contribution in [0.2, 0.25) is 0 Å². The molecule has 3 nitrogen and oxygen atoms in total. The molecular weight excluding hydrogens is 202 g/mol. The summed E-state index contributed by atoms with van der Waals surface area (Å²) in [5.74, 6) is 0.799. The molecule has 0 aliphatic heterocycles. The van der Waals surface area contributed by atoms with Crippen LogP contribution in [-0.2, 0) is 4.74 Å². The average Bonchev–Trinajstić information content (AvgIpc) is 2.22. The van der Waals surface area contributed by atoms with Crippen LogP contribution < -0.4 is 5.32 Å². The fourth-order valence-corrected chi connectivity index (χ4v) is 1.49. The molecule has 16 heavy (non-hydrogen) atoms. The lowest BCUT2D eigenvalue weighted by molar-refractivity contribution is 0.171. The van der Waals surface area contributed by atoms with Crippen LogP contribution in [0.25, 0.3) is 0 Å². The highest BCUT2D eigenvalue weighted by molar-refractivity contribution is 5.51. The first-order valence-electron chi connectivity index (χ1n) is 5.59. The Labute approximate surface area is 97.4 Å². The van der Waals surface area contributed by atoms with Gasteiger partial charge in [-0.2, -0.15) is 0 Å². The summed E-state index contributed by atoms with van der Waals surface area (Å²) in [7, 11) is 1.70. The van der Waals surface area contributed by atoms with Crippen molar-refractivity contribution < 1.29 is 9.84 Å². The molecule has 90 valence electrons. The second kappa shape index (κ2) is 5.75. The molecule has 0 aliphatic carbocycles. The van der Waals surface area contributed by atoms with Crippen molar-refractivity contribution in [2.75, 3.05) is 19.0 Å². The summed E-state index contributed by atoms with van der Waals surface area (Å²) in [5, 5.41) is 13.0. The van der Waals surface area contributed by atoms with E-state index in [4.69, 9.17) is 4.74 Å². The Hall–Kier alpha value is -1.22. The normalized spacial score (nSPS) is 12.8. The fourth-order valence-electron chi connectivity index (χ4n) is 1.49. The number of ether oxygens (including phenoxy) is 1. The van der Waals surface area contributed by atoms with Gasteiger partial charge in [0.25, 0.3) is 0 Å². The molecule has 0 saturated carbocycles. The molecule has 2 N–H and O–H groups in total. The summed E-state index contributed by atoms with van der Waals surface area (Å²) in [6.07, 6.45) is 0. The van der Waals surface area contributed by atoms with E-state index in [1.54, 1.807) is 13.2 Å². The molecule has 1 atom stereocenters. The molecule has 0 fully saturated rings. The lowest BCUT2D eigenvalue weighted by Gasteiger charge is -2.23. The van der Waals surface area contributed by atoms with Crippen LogP contribution in [0.3, 0.4) is 0 Å². The SMILES string of the molecule is COCC(Nc1ccc(C)c(O)c1)C(C)C. The minimum absolute atomic E-state index is 0.257. The van der Waals surface area contributed by atoms with Crippen molar-refractivity contribution in [3.05, 3.63) is 23.8 Å². The molecule has 0 radical (unpaired) electrons. The summed E-state index contributed by atoms with van der Waals surface area (Å²) in [6.45, 7) is 6.83. The molecule has 1 aromatic carbocycles. The van der Waals surface area contributed by atoms with Crippen molar-refractivity contribution in [1.82, 2.24) is 0 Å². The zero-order valence-electron chi connectivity index (χ0n) is 10.4. The number of phenolic OH excluding ortho intramolecular Hbond substituents is 1. The highest BCUT2D eigenvalue weighted by atomic mass is 16.5. The maximum absolute atomic E-state index is 9.61. The van der Waals surface area contributed by atoms with E-state index in [1.807, 2.05) is 19.1 Å². The third kappa shape index (κ3) is 3.42. The number of rotatable bonds is 5. The zero-order valence-corrected chi connectivity index (χ0v) is 10.4. The smallest absolute Gasteiger partial charge is 0.120 e. The van der Waals surface area contributed by atoms with E-state index >= 15 is 0 Å². The van der Waals surface area contributed by atoms with Crippen LogP contribution in [0.1, 0.15) is 19.4 Å². The summed E-state index contributed by atoms with van der Waals surface area (Å²) < 4.78 is 5.17. The van der Waals surface area contributed by atoms with Crippen LogP contribution in [0.5, 0.6) is 5.75 Å². The Morgan fingerprint density at radius 1 is 1.38 bits per heavy atom. The highest BCUT2D eigenvalue weighted by Gasteiger charge is 2.13. The van der Waals surface area contributed by atoms with Crippen molar-refractivity contribution in [2.45, 2.75) is 26.8 Å². The van der Waals surface area contributed by atoms with E-state index in [0.29, 0.717) is 18.3 Å². The summed E-state index contributed by atoms with van der Waals surface area (Å²) in [4.78, 5) is 0. The molecule has 3 heteroatoms. The monoisotopic (exact) mass is 223 g/mol. The van der Waals surface area contributed by atoms with Crippen LogP contribution in [0.15, 0.2) is 18.2 Å². The Kier molecular flexibility index (Phi) is 4.62. The minimum Gasteiger partial charge on any atom is -0.508 e. The van der Waals surface area contributed by atoms with Gasteiger partial charge >= 0.3 is 0 Å². The molecule has 0 bridgehead atoms. The predicted molar refractivity (Wildman–Crippen MR) is 67.0 cm³/mol. The number of anilines is 1. The fraction of sp³-hybridized carbons (Fsp3) is 0.538. The van der Waals surface area contributed by atoms with E-state index in [0.717, 1.165) is 11.3 Å². The second-order valence-corrected chi connectivity index (χ2v) is 4.45. The summed E-state index contributed by atoms with van der Waals surface area (Å²) in [5.41, 5.74) is 1.82. The third-order valence-corrected chi connectivity index (χ3v) is 2.71. The van der Waals surface area contributed by atoms with Crippen molar-refractivity contribution in [3.63, 3.8) is 0 Å². The summed E-state index contributed by atoms with van der Waals surface area (Å²) in [6, 6.07) is 5.88. The minimum atomic E-state index is 0.257. The van der Waals surface area contributed by atoms with Crippen molar-refractivity contribution in [3.8, 4) is 5.75 Å². The predicted octanol–water partition coefficient (Wildman–Crippen LogP) is 2.78. The lowest BCUT2D eigenvalue weighted by Crippen LogP contribution is -2.30. The quantitative estimate of drug-likeness (QED) is 0.806. The van der Waals surface area contributed by atoms with Gasteiger partial charge in [0, 0.05) is 18.9 Å². The van der Waals surface area contributed by atoms with Gasteiger partial charge in [0.05, 0.1) is 12.6 Å². The molecule has 1 unspecified atom stereocenters. The van der Waals surface area contributed by atoms with Crippen molar-refractivity contribution in [2.24, 2.45) is 5.92 Å². The first-order chi connectivity index (χ1) is 7.54. The van der Waals surface area contributed by atoms with E-state index < -0.39 is 0 Å². The zero-order chi connectivity index (χ0) is 12.1. The van der Waals surface area contributed by atoms with Crippen LogP contribution >= 0.6 is 0 Å². The van der Waals surface area contributed by atoms with E-state index in [9.17, 15) is 5.11 Å². The number of methoxy groups -OCH3 is 1. The van der Waals surface area contributed by atoms with Gasteiger partial charge in [-0.3, -0.25) is 0 Å². The first-order valence-corrected chi connectivity index (χ1v) is 5.59. The maximum atomic E-state index is 9.61. The Morgan fingerprint density at radius 3 is 2.56 bits per heavy atom. The standard InChI is InChI=1S/C13H21NO2/c1-9(2)12(8-16-4)14-11-6-5-10(3)13(15)7-11/h5-7,9,12,14-15H,8H2,1-4H3. The Morgan fingerprint density at radius 2 is 2.06 bits per heavy atom. The molecule has 0 aliphatic rings. The summed E-state index contributed by atoms with van der Waals surface area (Å²) >= 11 is 0. The molecular formula is C13H21NO2. The first kappa shape index (κ1) is 12.8. The lowest BCUT2D eigenvalue weighted by atomic mass is 10.0. The van der Waals surface area contributed by atoms with Gasteiger partial charge in [0.1, 0.15) is 5.75 Å². The van der Waals surface area contributed by atoms with Gasteiger partial charge in [-0.15, -0.1) is 0 Å². The third-order valence-electron chi connectivity index (χ3n) is 2.71. The number of hydrogen-bond donors (Lipinski definition) is 2. The van der Waals surface area contributed by atoms with E-state index in [2.05, 4.69) is 19.2 Å². The molecule has 0 amide bonds. The van der Waals surface area contributed by atoms with Crippen LogP contribution in [0.4, 0.5) is 5.69 Å². The number of hydrogen-bond acceptors (Lipinski definition) is 3. The van der Waals surface area contributed by atoms with Gasteiger partial charge in [-0.25, -0.2) is 0 Å². The molecule has 0 saturated heterocycles. The molecule has 0 aromatic heterocycles. The van der Waals surface area contributed by atoms with Gasteiger partial charge in [-0.05, 0) is 24.5 Å².